The Kier molecular flexibility index (Phi) is 6.97. The number of fused-ring (bicyclic) bond motifs is 2. The number of hydrogen-bond donors (Lipinski definition) is 2. The molecule has 3 heterocycles. The SMILES string of the molecule is CN=C(NCC1(c2ccc(F)cc2)CCOCC1)NC1CC2CCC1O2.I. The van der Waals surface area contributed by atoms with Crippen molar-refractivity contribution in [3.05, 3.63) is 35.6 Å². The van der Waals surface area contributed by atoms with Gasteiger partial charge in [-0.15, -0.1) is 24.0 Å². The summed E-state index contributed by atoms with van der Waals surface area (Å²) < 4.78 is 24.9. The lowest BCUT2D eigenvalue weighted by Gasteiger charge is -2.38. The van der Waals surface area contributed by atoms with Gasteiger partial charge in [0.15, 0.2) is 5.96 Å². The minimum Gasteiger partial charge on any atom is -0.381 e. The van der Waals surface area contributed by atoms with Crippen molar-refractivity contribution in [1.29, 1.82) is 0 Å². The average molecular weight is 489 g/mol. The monoisotopic (exact) mass is 489 g/mol. The highest BCUT2D eigenvalue weighted by Crippen LogP contribution is 2.35. The van der Waals surface area contributed by atoms with Crippen LogP contribution in [0.5, 0.6) is 0 Å². The van der Waals surface area contributed by atoms with E-state index in [1.54, 1.807) is 19.2 Å². The Hall–Kier alpha value is -0.930. The van der Waals surface area contributed by atoms with Crippen LogP contribution in [0.3, 0.4) is 0 Å². The highest BCUT2D eigenvalue weighted by atomic mass is 127. The van der Waals surface area contributed by atoms with Gasteiger partial charge in [-0.05, 0) is 49.8 Å². The molecule has 3 saturated heterocycles. The van der Waals surface area contributed by atoms with Gasteiger partial charge in [0, 0.05) is 32.2 Å². The van der Waals surface area contributed by atoms with E-state index in [0.717, 1.165) is 57.0 Å². The topological polar surface area (TPSA) is 54.9 Å². The maximum atomic E-state index is 13.4. The van der Waals surface area contributed by atoms with Crippen molar-refractivity contribution in [2.75, 3.05) is 26.8 Å². The second-order valence-electron chi connectivity index (χ2n) is 7.69. The van der Waals surface area contributed by atoms with Gasteiger partial charge in [-0.1, -0.05) is 12.1 Å². The van der Waals surface area contributed by atoms with Crippen molar-refractivity contribution in [3.63, 3.8) is 0 Å². The fourth-order valence-electron chi connectivity index (χ4n) is 4.55. The van der Waals surface area contributed by atoms with Gasteiger partial charge >= 0.3 is 0 Å². The van der Waals surface area contributed by atoms with Gasteiger partial charge in [0.05, 0.1) is 18.2 Å². The first-order valence-electron chi connectivity index (χ1n) is 9.65. The molecule has 150 valence electrons. The van der Waals surface area contributed by atoms with Gasteiger partial charge in [-0.2, -0.15) is 0 Å². The van der Waals surface area contributed by atoms with Crippen molar-refractivity contribution in [1.82, 2.24) is 10.6 Å². The number of ether oxygens (including phenoxy) is 2. The standard InChI is InChI=1S/C20H28FN3O2.HI/c1-22-19(24-17-12-16-6-7-18(17)26-16)23-13-20(8-10-25-11-9-20)14-2-4-15(21)5-3-14;/h2-5,16-18H,6-13H2,1H3,(H2,22,23,24);1H. The van der Waals surface area contributed by atoms with E-state index in [4.69, 9.17) is 9.47 Å². The van der Waals surface area contributed by atoms with Crippen LogP contribution in [0, 0.1) is 5.82 Å². The number of aliphatic imine (C=N–C) groups is 1. The summed E-state index contributed by atoms with van der Waals surface area (Å²) in [7, 11) is 1.80. The summed E-state index contributed by atoms with van der Waals surface area (Å²) in [6, 6.07) is 7.25. The lowest BCUT2D eigenvalue weighted by Crippen LogP contribution is -2.51. The molecule has 3 fully saturated rings. The Labute approximate surface area is 177 Å². The maximum Gasteiger partial charge on any atom is 0.191 e. The van der Waals surface area contributed by atoms with Crippen LogP contribution in [0.25, 0.3) is 0 Å². The fourth-order valence-corrected chi connectivity index (χ4v) is 4.55. The van der Waals surface area contributed by atoms with Gasteiger partial charge in [0.1, 0.15) is 5.82 Å². The third-order valence-corrected chi connectivity index (χ3v) is 6.15. The smallest absolute Gasteiger partial charge is 0.191 e. The quantitative estimate of drug-likeness (QED) is 0.388. The van der Waals surface area contributed by atoms with Crippen molar-refractivity contribution in [3.8, 4) is 0 Å². The molecule has 1 aromatic carbocycles. The number of halogens is 2. The van der Waals surface area contributed by atoms with E-state index in [9.17, 15) is 4.39 Å². The second kappa shape index (κ2) is 9.05. The molecule has 3 aliphatic rings. The molecule has 7 heteroatoms. The third-order valence-electron chi connectivity index (χ3n) is 6.15. The number of guanidine groups is 1. The fraction of sp³-hybridized carbons (Fsp3) is 0.650. The molecule has 0 saturated carbocycles. The molecule has 4 rings (SSSR count). The van der Waals surface area contributed by atoms with E-state index in [1.807, 2.05) is 12.1 Å². The predicted octanol–water partition coefficient (Wildman–Crippen LogP) is 2.98. The minimum absolute atomic E-state index is 0. The van der Waals surface area contributed by atoms with Crippen LogP contribution in [0.4, 0.5) is 4.39 Å². The van der Waals surface area contributed by atoms with E-state index in [0.29, 0.717) is 18.2 Å². The first-order chi connectivity index (χ1) is 12.7. The molecule has 3 aliphatic heterocycles. The Bertz CT molecular complexity index is 649. The first-order valence-corrected chi connectivity index (χ1v) is 9.65. The van der Waals surface area contributed by atoms with Crippen molar-refractivity contribution >= 4 is 29.9 Å². The van der Waals surface area contributed by atoms with Crippen LogP contribution in [-0.4, -0.2) is 51.0 Å². The molecule has 3 atom stereocenters. The highest BCUT2D eigenvalue weighted by molar-refractivity contribution is 14.0. The molecule has 27 heavy (non-hydrogen) atoms. The molecule has 0 amide bonds. The summed E-state index contributed by atoms with van der Waals surface area (Å²) in [4.78, 5) is 4.41. The van der Waals surface area contributed by atoms with E-state index in [1.165, 1.54) is 6.42 Å². The Morgan fingerprint density at radius 1 is 1.22 bits per heavy atom. The van der Waals surface area contributed by atoms with Crippen LogP contribution in [0.15, 0.2) is 29.3 Å². The summed E-state index contributed by atoms with van der Waals surface area (Å²) in [6.45, 7) is 2.21. The average Bonchev–Trinajstić information content (AvgIpc) is 3.29. The summed E-state index contributed by atoms with van der Waals surface area (Å²) in [6.07, 6.45) is 5.94. The van der Waals surface area contributed by atoms with Gasteiger partial charge in [0.25, 0.3) is 0 Å². The summed E-state index contributed by atoms with van der Waals surface area (Å²) in [5.74, 6) is 0.622. The zero-order chi connectivity index (χ0) is 18.0. The van der Waals surface area contributed by atoms with Crippen LogP contribution in [0.1, 0.15) is 37.7 Å². The molecule has 2 N–H and O–H groups in total. The van der Waals surface area contributed by atoms with E-state index in [-0.39, 0.29) is 35.2 Å². The van der Waals surface area contributed by atoms with Crippen LogP contribution < -0.4 is 10.6 Å². The van der Waals surface area contributed by atoms with E-state index in [2.05, 4.69) is 15.6 Å². The highest BCUT2D eigenvalue weighted by Gasteiger charge is 2.41. The summed E-state index contributed by atoms with van der Waals surface area (Å²) >= 11 is 0. The molecule has 2 bridgehead atoms. The van der Waals surface area contributed by atoms with Crippen LogP contribution >= 0.6 is 24.0 Å². The molecule has 5 nitrogen and oxygen atoms in total. The number of nitrogens with zero attached hydrogens (tertiary/aromatic N) is 1. The Morgan fingerprint density at radius 3 is 2.56 bits per heavy atom. The second-order valence-corrected chi connectivity index (χ2v) is 7.69. The number of hydrogen-bond acceptors (Lipinski definition) is 3. The van der Waals surface area contributed by atoms with Crippen molar-refractivity contribution in [2.45, 2.75) is 55.8 Å². The number of rotatable bonds is 4. The minimum atomic E-state index is -0.197. The third kappa shape index (κ3) is 4.56. The van der Waals surface area contributed by atoms with Gasteiger partial charge < -0.3 is 20.1 Å². The Morgan fingerprint density at radius 2 is 1.96 bits per heavy atom. The summed E-state index contributed by atoms with van der Waals surface area (Å²) in [5.41, 5.74) is 1.10. The van der Waals surface area contributed by atoms with Crippen molar-refractivity contribution in [2.24, 2.45) is 4.99 Å². The largest absolute Gasteiger partial charge is 0.381 e. The zero-order valence-corrected chi connectivity index (χ0v) is 18.1. The van der Waals surface area contributed by atoms with Crippen LogP contribution in [0.2, 0.25) is 0 Å². The molecule has 3 unspecified atom stereocenters. The molecular formula is C20H29FIN3O2. The lowest BCUT2D eigenvalue weighted by molar-refractivity contribution is 0.0513. The number of benzene rings is 1. The van der Waals surface area contributed by atoms with Gasteiger partial charge in [-0.25, -0.2) is 4.39 Å². The molecular weight excluding hydrogens is 460 g/mol. The maximum absolute atomic E-state index is 13.4. The van der Waals surface area contributed by atoms with E-state index < -0.39 is 0 Å². The predicted molar refractivity (Wildman–Crippen MR) is 114 cm³/mol. The van der Waals surface area contributed by atoms with Crippen LogP contribution in [-0.2, 0) is 14.9 Å². The van der Waals surface area contributed by atoms with E-state index >= 15 is 0 Å². The number of nitrogens with one attached hydrogen (secondary N) is 2. The summed E-state index contributed by atoms with van der Waals surface area (Å²) in [5, 5.41) is 7.05. The Balaban J connectivity index is 0.00000210. The molecule has 0 spiro atoms. The first kappa shape index (κ1) is 20.8. The van der Waals surface area contributed by atoms with Crippen molar-refractivity contribution < 1.29 is 13.9 Å². The van der Waals surface area contributed by atoms with Gasteiger partial charge in [0.2, 0.25) is 0 Å². The molecule has 0 radical (unpaired) electrons. The van der Waals surface area contributed by atoms with Gasteiger partial charge in [-0.3, -0.25) is 4.99 Å². The normalized spacial score (nSPS) is 29.3. The molecule has 0 aliphatic carbocycles. The lowest BCUT2D eigenvalue weighted by atomic mass is 9.74. The zero-order valence-electron chi connectivity index (χ0n) is 15.7. The molecule has 1 aromatic rings. The molecule has 0 aromatic heterocycles.